The number of unbranched alkanes of at least 4 members (excludes halogenated alkanes) is 3. The van der Waals surface area contributed by atoms with Crippen molar-refractivity contribution in [1.29, 1.82) is 0 Å². The SMILES string of the molecule is C=C[C@@](C)(CCC=C(C)C)[C@H](O)CCCCCC. The largest absolute Gasteiger partial charge is 0.392 e. The highest BCUT2D eigenvalue weighted by Crippen LogP contribution is 2.32. The van der Waals surface area contributed by atoms with Gasteiger partial charge in [-0.05, 0) is 33.1 Å². The fourth-order valence-electron chi connectivity index (χ4n) is 2.17. The van der Waals surface area contributed by atoms with Crippen molar-refractivity contribution in [2.24, 2.45) is 5.41 Å². The molecular formula is C17H32O. The fourth-order valence-corrected chi connectivity index (χ4v) is 2.17. The molecule has 106 valence electrons. The summed E-state index contributed by atoms with van der Waals surface area (Å²) in [6.45, 7) is 12.5. The van der Waals surface area contributed by atoms with E-state index < -0.39 is 0 Å². The predicted octanol–water partition coefficient (Wildman–Crippen LogP) is 5.26. The molecule has 0 unspecified atom stereocenters. The van der Waals surface area contributed by atoms with E-state index in [1.807, 2.05) is 6.08 Å². The average molecular weight is 252 g/mol. The first-order valence-electron chi connectivity index (χ1n) is 7.41. The highest BCUT2D eigenvalue weighted by atomic mass is 16.3. The smallest absolute Gasteiger partial charge is 0.0628 e. The first-order chi connectivity index (χ1) is 8.46. The summed E-state index contributed by atoms with van der Waals surface area (Å²) in [5, 5.41) is 10.3. The summed E-state index contributed by atoms with van der Waals surface area (Å²) in [6, 6.07) is 0. The molecule has 0 aromatic heterocycles. The molecule has 2 atom stereocenters. The van der Waals surface area contributed by atoms with Crippen molar-refractivity contribution in [2.75, 3.05) is 0 Å². The van der Waals surface area contributed by atoms with Crippen LogP contribution in [0.5, 0.6) is 0 Å². The van der Waals surface area contributed by atoms with Crippen LogP contribution < -0.4 is 0 Å². The van der Waals surface area contributed by atoms with Crippen LogP contribution in [0, 0.1) is 5.41 Å². The average Bonchev–Trinajstić information content (AvgIpc) is 2.33. The second kappa shape index (κ2) is 9.38. The van der Waals surface area contributed by atoms with Crippen molar-refractivity contribution in [3.05, 3.63) is 24.3 Å². The number of hydrogen-bond donors (Lipinski definition) is 1. The third kappa shape index (κ3) is 7.00. The molecule has 0 bridgehead atoms. The summed E-state index contributed by atoms with van der Waals surface area (Å²) < 4.78 is 0. The first kappa shape index (κ1) is 17.4. The van der Waals surface area contributed by atoms with Crippen molar-refractivity contribution < 1.29 is 5.11 Å². The molecule has 0 aromatic rings. The zero-order valence-electron chi connectivity index (χ0n) is 12.8. The Balaban J connectivity index is 4.16. The number of aliphatic hydroxyl groups excluding tert-OH is 1. The predicted molar refractivity (Wildman–Crippen MR) is 81.7 cm³/mol. The van der Waals surface area contributed by atoms with Gasteiger partial charge < -0.3 is 5.11 Å². The van der Waals surface area contributed by atoms with Crippen LogP contribution in [0.1, 0.15) is 72.6 Å². The highest BCUT2D eigenvalue weighted by molar-refractivity contribution is 5.00. The van der Waals surface area contributed by atoms with Crippen molar-refractivity contribution >= 4 is 0 Å². The van der Waals surface area contributed by atoms with Gasteiger partial charge in [0.15, 0.2) is 0 Å². The van der Waals surface area contributed by atoms with E-state index in [0.29, 0.717) is 0 Å². The maximum absolute atomic E-state index is 10.3. The van der Waals surface area contributed by atoms with E-state index in [1.165, 1.54) is 24.8 Å². The lowest BCUT2D eigenvalue weighted by Gasteiger charge is -2.31. The van der Waals surface area contributed by atoms with Gasteiger partial charge >= 0.3 is 0 Å². The van der Waals surface area contributed by atoms with E-state index in [2.05, 4.69) is 40.3 Å². The van der Waals surface area contributed by atoms with Crippen molar-refractivity contribution in [3.8, 4) is 0 Å². The van der Waals surface area contributed by atoms with Crippen LogP contribution in [-0.4, -0.2) is 11.2 Å². The van der Waals surface area contributed by atoms with Gasteiger partial charge in [-0.15, -0.1) is 6.58 Å². The van der Waals surface area contributed by atoms with Gasteiger partial charge in [0, 0.05) is 5.41 Å². The molecule has 0 aliphatic heterocycles. The standard InChI is InChI=1S/C17H32O/c1-6-8-9-10-13-16(18)17(5,7-2)14-11-12-15(3)4/h7,12,16,18H,2,6,8-11,13-14H2,1,3-5H3/t16-,17+/m1/s1. The molecule has 0 saturated heterocycles. The van der Waals surface area contributed by atoms with Gasteiger partial charge in [0.2, 0.25) is 0 Å². The summed E-state index contributed by atoms with van der Waals surface area (Å²) in [7, 11) is 0. The fraction of sp³-hybridized carbons (Fsp3) is 0.765. The van der Waals surface area contributed by atoms with Crippen LogP contribution in [0.25, 0.3) is 0 Å². The molecule has 0 spiro atoms. The van der Waals surface area contributed by atoms with Gasteiger partial charge in [0.25, 0.3) is 0 Å². The normalized spacial score (nSPS) is 15.8. The molecule has 0 aromatic carbocycles. The van der Waals surface area contributed by atoms with Gasteiger partial charge in [-0.3, -0.25) is 0 Å². The zero-order chi connectivity index (χ0) is 14.0. The lowest BCUT2D eigenvalue weighted by molar-refractivity contribution is 0.0553. The van der Waals surface area contributed by atoms with Crippen LogP contribution >= 0.6 is 0 Å². The van der Waals surface area contributed by atoms with Crippen LogP contribution in [-0.2, 0) is 0 Å². The van der Waals surface area contributed by atoms with Gasteiger partial charge in [-0.2, -0.15) is 0 Å². The summed E-state index contributed by atoms with van der Waals surface area (Å²) in [5.41, 5.74) is 1.21. The lowest BCUT2D eigenvalue weighted by atomic mass is 9.78. The van der Waals surface area contributed by atoms with Crippen LogP contribution in [0.2, 0.25) is 0 Å². The Labute approximate surface area is 114 Å². The Morgan fingerprint density at radius 3 is 2.44 bits per heavy atom. The van der Waals surface area contributed by atoms with Crippen LogP contribution in [0.3, 0.4) is 0 Å². The molecule has 18 heavy (non-hydrogen) atoms. The molecule has 1 nitrogen and oxygen atoms in total. The quantitative estimate of drug-likeness (QED) is 0.415. The molecule has 1 heteroatoms. The summed E-state index contributed by atoms with van der Waals surface area (Å²) in [4.78, 5) is 0. The molecule has 0 aliphatic carbocycles. The van der Waals surface area contributed by atoms with Crippen molar-refractivity contribution in [2.45, 2.75) is 78.7 Å². The third-order valence-electron chi connectivity index (χ3n) is 3.79. The Morgan fingerprint density at radius 2 is 1.94 bits per heavy atom. The molecule has 0 saturated carbocycles. The molecule has 0 aliphatic rings. The van der Waals surface area contributed by atoms with Gasteiger partial charge in [-0.1, -0.05) is 57.3 Å². The number of hydrogen-bond acceptors (Lipinski definition) is 1. The minimum absolute atomic E-state index is 0.141. The third-order valence-corrected chi connectivity index (χ3v) is 3.79. The number of rotatable bonds is 10. The van der Waals surface area contributed by atoms with E-state index in [0.717, 1.165) is 25.7 Å². The topological polar surface area (TPSA) is 20.2 Å². The maximum atomic E-state index is 10.3. The van der Waals surface area contributed by atoms with Gasteiger partial charge in [0.05, 0.1) is 6.10 Å². The van der Waals surface area contributed by atoms with Crippen LogP contribution in [0.15, 0.2) is 24.3 Å². The van der Waals surface area contributed by atoms with Crippen molar-refractivity contribution in [3.63, 3.8) is 0 Å². The molecule has 0 rings (SSSR count). The lowest BCUT2D eigenvalue weighted by Crippen LogP contribution is -2.30. The Kier molecular flexibility index (Phi) is 9.09. The number of aliphatic hydroxyl groups is 1. The molecule has 0 fully saturated rings. The number of allylic oxidation sites excluding steroid dienone is 2. The molecule has 0 amide bonds. The van der Waals surface area contributed by atoms with Crippen LogP contribution in [0.4, 0.5) is 0 Å². The van der Waals surface area contributed by atoms with Gasteiger partial charge in [0.1, 0.15) is 0 Å². The minimum atomic E-state index is -0.252. The highest BCUT2D eigenvalue weighted by Gasteiger charge is 2.28. The van der Waals surface area contributed by atoms with Gasteiger partial charge in [-0.25, -0.2) is 0 Å². The Bertz CT molecular complexity index is 250. The summed E-state index contributed by atoms with van der Waals surface area (Å²) in [6.07, 6.45) is 11.7. The molecule has 0 radical (unpaired) electrons. The zero-order valence-corrected chi connectivity index (χ0v) is 12.8. The maximum Gasteiger partial charge on any atom is 0.0628 e. The minimum Gasteiger partial charge on any atom is -0.392 e. The summed E-state index contributed by atoms with van der Waals surface area (Å²) in [5.74, 6) is 0. The first-order valence-corrected chi connectivity index (χ1v) is 7.41. The second-order valence-corrected chi connectivity index (χ2v) is 5.90. The van der Waals surface area contributed by atoms with E-state index in [4.69, 9.17) is 0 Å². The second-order valence-electron chi connectivity index (χ2n) is 5.90. The molecular weight excluding hydrogens is 220 g/mol. The molecule has 1 N–H and O–H groups in total. The Hall–Kier alpha value is -0.560. The van der Waals surface area contributed by atoms with E-state index in [1.54, 1.807) is 0 Å². The van der Waals surface area contributed by atoms with E-state index in [-0.39, 0.29) is 11.5 Å². The van der Waals surface area contributed by atoms with E-state index >= 15 is 0 Å². The Morgan fingerprint density at radius 1 is 1.28 bits per heavy atom. The monoisotopic (exact) mass is 252 g/mol. The summed E-state index contributed by atoms with van der Waals surface area (Å²) >= 11 is 0. The van der Waals surface area contributed by atoms with Crippen molar-refractivity contribution in [1.82, 2.24) is 0 Å². The van der Waals surface area contributed by atoms with E-state index in [9.17, 15) is 5.11 Å². The molecule has 0 heterocycles.